The maximum Gasteiger partial charge on any atom is 0.236 e. The van der Waals surface area contributed by atoms with Crippen LogP contribution in [0.1, 0.15) is 11.3 Å². The molecule has 0 amide bonds. The van der Waals surface area contributed by atoms with Crippen molar-refractivity contribution >= 4 is 47.3 Å². The van der Waals surface area contributed by atoms with E-state index in [1.165, 1.54) is 0 Å². The fourth-order valence-electron chi connectivity index (χ4n) is 10.9. The zero-order valence-electron chi connectivity index (χ0n) is 42.8. The lowest BCUT2D eigenvalue weighted by Crippen LogP contribution is -2.35. The molecule has 3 heterocycles. The van der Waals surface area contributed by atoms with Crippen molar-refractivity contribution in [1.82, 2.24) is 19.9 Å². The summed E-state index contributed by atoms with van der Waals surface area (Å²) in [7, 11) is -8.04. The van der Waals surface area contributed by atoms with Crippen LogP contribution < -0.4 is 31.4 Å². The van der Waals surface area contributed by atoms with Crippen LogP contribution in [-0.2, 0) is 15.6 Å². The number of rotatable bonds is 12. The molecule has 0 fully saturated rings. The van der Waals surface area contributed by atoms with Gasteiger partial charge in [-0.25, -0.2) is 19.9 Å². The molecule has 0 spiro atoms. The Balaban J connectivity index is 0.961. The molecule has 0 aliphatic carbocycles. The van der Waals surface area contributed by atoms with E-state index >= 15 is 9.13 Å². The van der Waals surface area contributed by atoms with Gasteiger partial charge in [0.05, 0.1) is 17.1 Å². The number of nitrogens with two attached hydrogens (primary N) is 1. The van der Waals surface area contributed by atoms with Gasteiger partial charge in [0.15, 0.2) is 11.6 Å². The summed E-state index contributed by atoms with van der Waals surface area (Å²) in [6.45, 7) is 0. The maximum absolute atomic E-state index is 17.7. The standard InChI is InChI=1S/C69H50N6O2P2/c70-78(76,63-41-21-16-36-56(63)54-34-14-13-33-52(54)45-53-46-60(48-25-5-1-6-26-48)72-68(71-53)50-29-9-3-10-30-50)64-42-22-17-38-58(64)59-39-19-24-44-66(59)79(77)65-43-23-18-37-57(65)55-35-15-20-40-62(55)75(79)67-47-61(49-27-7-2-8-28-49)73-69(74-67)51-31-11-4-12-32-51/h1-44,46-47H,45H2,(H2,70,76). The van der Waals surface area contributed by atoms with E-state index in [4.69, 9.17) is 25.4 Å². The fraction of sp³-hybridized carbons (Fsp3) is 0.0145. The monoisotopic (exact) mass is 1060 g/mol. The second-order valence-corrected chi connectivity index (χ2v) is 24.2. The Morgan fingerprint density at radius 1 is 0.380 bits per heavy atom. The third-order valence-corrected chi connectivity index (χ3v) is 19.9. The summed E-state index contributed by atoms with van der Waals surface area (Å²) in [5, 5.41) is 2.12. The average Bonchev–Trinajstić information content (AvgIpc) is 3.69. The van der Waals surface area contributed by atoms with Crippen molar-refractivity contribution in [2.24, 2.45) is 5.50 Å². The van der Waals surface area contributed by atoms with Gasteiger partial charge in [-0.05, 0) is 69.8 Å². The van der Waals surface area contributed by atoms with E-state index in [1.807, 2.05) is 247 Å². The van der Waals surface area contributed by atoms with Gasteiger partial charge < -0.3 is 0 Å². The predicted octanol–water partition coefficient (Wildman–Crippen LogP) is 15.1. The van der Waals surface area contributed by atoms with Crippen LogP contribution >= 0.6 is 14.6 Å². The first kappa shape index (κ1) is 49.2. The molecule has 1 aliphatic rings. The number of hydrogen-bond donors (Lipinski definition) is 1. The van der Waals surface area contributed by atoms with Crippen LogP contribution in [0.4, 0.5) is 11.5 Å². The summed E-state index contributed by atoms with van der Waals surface area (Å²) in [6, 6.07) is 91.3. The number of para-hydroxylation sites is 1. The normalized spacial score (nSPS) is 14.4. The van der Waals surface area contributed by atoms with Crippen molar-refractivity contribution in [3.05, 3.63) is 290 Å². The summed E-state index contributed by atoms with van der Waals surface area (Å²) in [4.78, 5) is 20.6. The molecule has 2 aromatic heterocycles. The number of fused-ring (bicyclic) bond motifs is 3. The van der Waals surface area contributed by atoms with Gasteiger partial charge in [-0.1, -0.05) is 237 Å². The highest BCUT2D eigenvalue weighted by molar-refractivity contribution is 7.81. The molecule has 1 aliphatic heterocycles. The highest BCUT2D eigenvalue weighted by Crippen LogP contribution is 2.62. The van der Waals surface area contributed by atoms with E-state index in [9.17, 15) is 0 Å². The van der Waals surface area contributed by atoms with Crippen LogP contribution in [0, 0.1) is 0 Å². The van der Waals surface area contributed by atoms with Crippen LogP contribution in [0.25, 0.3) is 78.7 Å². The fourth-order valence-corrected chi connectivity index (χ4v) is 16.1. The van der Waals surface area contributed by atoms with E-state index in [2.05, 4.69) is 36.4 Å². The highest BCUT2D eigenvalue weighted by Gasteiger charge is 2.45. The Hall–Kier alpha value is -9.42. The van der Waals surface area contributed by atoms with E-state index in [0.29, 0.717) is 61.9 Å². The van der Waals surface area contributed by atoms with Crippen molar-refractivity contribution in [3.8, 4) is 78.7 Å². The predicted molar refractivity (Wildman–Crippen MR) is 324 cm³/mol. The molecule has 2 N–H and O–H groups in total. The van der Waals surface area contributed by atoms with Crippen molar-refractivity contribution < 1.29 is 9.13 Å². The van der Waals surface area contributed by atoms with Crippen molar-refractivity contribution in [2.75, 3.05) is 4.67 Å². The van der Waals surface area contributed by atoms with Gasteiger partial charge in [-0.15, -0.1) is 0 Å². The molecule has 13 rings (SSSR count). The number of nitrogens with zero attached hydrogens (tertiary/aromatic N) is 5. The summed E-state index contributed by atoms with van der Waals surface area (Å²) in [5.41, 5.74) is 19.8. The minimum atomic E-state index is -4.03. The van der Waals surface area contributed by atoms with E-state index in [1.54, 1.807) is 0 Å². The van der Waals surface area contributed by atoms with Crippen LogP contribution in [0.5, 0.6) is 0 Å². The maximum atomic E-state index is 17.7. The zero-order chi connectivity index (χ0) is 53.3. The molecule has 0 bridgehead atoms. The molecular formula is C69H50N6O2P2. The molecule has 0 saturated heterocycles. The van der Waals surface area contributed by atoms with Crippen molar-refractivity contribution in [2.45, 2.75) is 6.42 Å². The van der Waals surface area contributed by atoms with Crippen LogP contribution in [0.3, 0.4) is 0 Å². The highest BCUT2D eigenvalue weighted by atomic mass is 31.2. The molecule has 10 aromatic carbocycles. The Labute approximate surface area is 459 Å². The number of hydrogen-bond acceptors (Lipinski definition) is 6. The van der Waals surface area contributed by atoms with Gasteiger partial charge in [-0.2, -0.15) is 0 Å². The summed E-state index contributed by atoms with van der Waals surface area (Å²) in [6.07, 6.45) is 0.466. The molecular weight excluding hydrogens is 1010 g/mol. The molecule has 378 valence electrons. The first-order chi connectivity index (χ1) is 38.8. The van der Waals surface area contributed by atoms with Crippen molar-refractivity contribution in [1.29, 1.82) is 0 Å². The quantitative estimate of drug-likeness (QED) is 0.120. The van der Waals surface area contributed by atoms with E-state index < -0.39 is 14.6 Å². The minimum absolute atomic E-state index is 0.437. The smallest absolute Gasteiger partial charge is 0.236 e. The van der Waals surface area contributed by atoms with Gasteiger partial charge in [0.2, 0.25) is 14.6 Å². The Morgan fingerprint density at radius 3 is 1.33 bits per heavy atom. The molecule has 10 heteroatoms. The van der Waals surface area contributed by atoms with Gasteiger partial charge in [-0.3, -0.25) is 19.3 Å². The topological polar surface area (TPSA) is 115 Å². The number of benzene rings is 10. The molecule has 0 saturated carbocycles. The lowest BCUT2D eigenvalue weighted by molar-refractivity contribution is 0.586. The van der Waals surface area contributed by atoms with Gasteiger partial charge in [0.1, 0.15) is 5.82 Å². The van der Waals surface area contributed by atoms with Crippen molar-refractivity contribution in [3.63, 3.8) is 0 Å². The Bertz CT molecular complexity index is 4220. The van der Waals surface area contributed by atoms with E-state index in [0.717, 1.165) is 67.1 Å². The molecule has 8 nitrogen and oxygen atoms in total. The first-order valence-electron chi connectivity index (χ1n) is 26.2. The molecule has 12 aromatic rings. The van der Waals surface area contributed by atoms with Gasteiger partial charge in [0, 0.05) is 67.2 Å². The second kappa shape index (κ2) is 20.8. The lowest BCUT2D eigenvalue weighted by Gasteiger charge is -2.40. The minimum Gasteiger partial charge on any atom is -0.297 e. The van der Waals surface area contributed by atoms with Gasteiger partial charge >= 0.3 is 0 Å². The zero-order valence-corrected chi connectivity index (χ0v) is 44.6. The lowest BCUT2D eigenvalue weighted by atomic mass is 9.96. The first-order valence-corrected chi connectivity index (χ1v) is 29.6. The summed E-state index contributed by atoms with van der Waals surface area (Å²) in [5.74, 6) is 1.59. The van der Waals surface area contributed by atoms with Gasteiger partial charge in [0.25, 0.3) is 0 Å². The molecule has 2 atom stereocenters. The van der Waals surface area contributed by atoms with E-state index in [-0.39, 0.29) is 0 Å². The van der Waals surface area contributed by atoms with Crippen LogP contribution in [-0.4, -0.2) is 19.9 Å². The Morgan fingerprint density at radius 2 is 0.772 bits per heavy atom. The number of aromatic nitrogens is 4. The molecule has 0 radical (unpaired) electrons. The summed E-state index contributed by atoms with van der Waals surface area (Å²) < 4.78 is 35.9. The van der Waals surface area contributed by atoms with Crippen LogP contribution in [0.15, 0.2) is 279 Å². The largest absolute Gasteiger partial charge is 0.297 e. The second-order valence-electron chi connectivity index (χ2n) is 19.4. The Kier molecular flexibility index (Phi) is 13.0. The third-order valence-electron chi connectivity index (χ3n) is 14.6. The molecule has 2 unspecified atom stereocenters. The SMILES string of the molecule is NP(=O)(c1ccccc1-c1ccccc1Cc1cc(-c2ccccc2)nc(-c2ccccc2)n1)c1ccccc1-c1ccccc1P1(=O)c2ccccc2-c2ccccc2N1c1cc(-c2ccccc2)nc(-c2ccccc2)n1. The summed E-state index contributed by atoms with van der Waals surface area (Å²) >= 11 is 0. The molecule has 79 heavy (non-hydrogen) atoms. The van der Waals surface area contributed by atoms with Crippen LogP contribution in [0.2, 0.25) is 0 Å². The average molecular weight is 1060 g/mol. The third kappa shape index (κ3) is 9.12. The number of anilines is 2.